The van der Waals surface area contributed by atoms with E-state index in [4.69, 9.17) is 10.5 Å². The van der Waals surface area contributed by atoms with Gasteiger partial charge in [0.15, 0.2) is 0 Å². The summed E-state index contributed by atoms with van der Waals surface area (Å²) in [7, 11) is 0. The van der Waals surface area contributed by atoms with Crippen LogP contribution < -0.4 is 15.8 Å². The van der Waals surface area contributed by atoms with Gasteiger partial charge >= 0.3 is 0 Å². The van der Waals surface area contributed by atoms with Crippen LogP contribution in [0.25, 0.3) is 0 Å². The summed E-state index contributed by atoms with van der Waals surface area (Å²) in [6.07, 6.45) is 7.09. The SMILES string of the molecule is N[C@@H]1C(=O)Nc2cc(F)ccc2O[C@@H]1C1=CC=CCC1. The molecule has 0 saturated heterocycles. The lowest BCUT2D eigenvalue weighted by Crippen LogP contribution is -2.47. The summed E-state index contributed by atoms with van der Waals surface area (Å²) in [6.45, 7) is 0. The normalized spacial score (nSPS) is 25.1. The molecule has 0 radical (unpaired) electrons. The Hall–Kier alpha value is -2.14. The zero-order valence-electron chi connectivity index (χ0n) is 10.8. The van der Waals surface area contributed by atoms with Gasteiger partial charge in [0.2, 0.25) is 5.91 Å². The molecule has 0 bridgehead atoms. The van der Waals surface area contributed by atoms with Gasteiger partial charge in [-0.15, -0.1) is 0 Å². The Labute approximate surface area is 116 Å². The minimum absolute atomic E-state index is 0.319. The number of nitrogens with two attached hydrogens (primary N) is 1. The van der Waals surface area contributed by atoms with Crippen molar-refractivity contribution >= 4 is 11.6 Å². The van der Waals surface area contributed by atoms with E-state index < -0.39 is 18.0 Å². The van der Waals surface area contributed by atoms with Gasteiger partial charge in [0.25, 0.3) is 0 Å². The summed E-state index contributed by atoms with van der Waals surface area (Å²) < 4.78 is 19.1. The van der Waals surface area contributed by atoms with Crippen LogP contribution in [0.15, 0.2) is 42.0 Å². The highest BCUT2D eigenvalue weighted by Crippen LogP contribution is 2.32. The molecule has 1 aromatic carbocycles. The number of halogens is 1. The van der Waals surface area contributed by atoms with E-state index in [-0.39, 0.29) is 5.91 Å². The molecule has 1 aromatic rings. The topological polar surface area (TPSA) is 64.4 Å². The molecule has 0 unspecified atom stereocenters. The minimum Gasteiger partial charge on any atom is -0.482 e. The Bertz CT molecular complexity index is 610. The van der Waals surface area contributed by atoms with Crippen LogP contribution in [0, 0.1) is 5.82 Å². The van der Waals surface area contributed by atoms with E-state index in [9.17, 15) is 9.18 Å². The van der Waals surface area contributed by atoms with Crippen molar-refractivity contribution in [1.82, 2.24) is 0 Å². The highest BCUT2D eigenvalue weighted by molar-refractivity contribution is 5.97. The molecule has 3 N–H and O–H groups in total. The van der Waals surface area contributed by atoms with E-state index in [0.29, 0.717) is 11.4 Å². The van der Waals surface area contributed by atoms with E-state index in [0.717, 1.165) is 18.4 Å². The van der Waals surface area contributed by atoms with Gasteiger partial charge in [0.05, 0.1) is 5.69 Å². The molecule has 0 aromatic heterocycles. The van der Waals surface area contributed by atoms with E-state index in [1.54, 1.807) is 0 Å². The van der Waals surface area contributed by atoms with Gasteiger partial charge in [-0.1, -0.05) is 18.2 Å². The molecule has 1 aliphatic carbocycles. The van der Waals surface area contributed by atoms with Gasteiger partial charge in [-0.3, -0.25) is 4.79 Å². The predicted octanol–water partition coefficient (Wildman–Crippen LogP) is 2.13. The lowest BCUT2D eigenvalue weighted by molar-refractivity contribution is -0.118. The maximum absolute atomic E-state index is 13.2. The van der Waals surface area contributed by atoms with Gasteiger partial charge in [0.1, 0.15) is 23.7 Å². The second-order valence-electron chi connectivity index (χ2n) is 4.90. The molecule has 0 saturated carbocycles. The Balaban J connectivity index is 1.99. The minimum atomic E-state index is -0.816. The molecule has 2 aliphatic rings. The van der Waals surface area contributed by atoms with Gasteiger partial charge in [-0.2, -0.15) is 0 Å². The molecular formula is C15H15FN2O2. The smallest absolute Gasteiger partial charge is 0.245 e. The number of benzene rings is 1. The number of anilines is 1. The first-order valence-corrected chi connectivity index (χ1v) is 6.53. The zero-order chi connectivity index (χ0) is 14.1. The number of rotatable bonds is 1. The predicted molar refractivity (Wildman–Crippen MR) is 73.9 cm³/mol. The Morgan fingerprint density at radius 1 is 1.40 bits per heavy atom. The first kappa shape index (κ1) is 12.9. The van der Waals surface area contributed by atoms with Gasteiger partial charge < -0.3 is 15.8 Å². The van der Waals surface area contributed by atoms with Crippen LogP contribution in [-0.2, 0) is 4.79 Å². The second kappa shape index (κ2) is 5.09. The Morgan fingerprint density at radius 2 is 2.25 bits per heavy atom. The largest absolute Gasteiger partial charge is 0.482 e. The maximum atomic E-state index is 13.2. The van der Waals surface area contributed by atoms with Gasteiger partial charge in [0, 0.05) is 6.07 Å². The summed E-state index contributed by atoms with van der Waals surface area (Å²) in [5.74, 6) is -0.359. The average Bonchev–Trinajstić information content (AvgIpc) is 2.57. The molecule has 0 spiro atoms. The van der Waals surface area contributed by atoms with Gasteiger partial charge in [-0.25, -0.2) is 4.39 Å². The molecule has 4 nitrogen and oxygen atoms in total. The summed E-state index contributed by atoms with van der Waals surface area (Å²) >= 11 is 0. The quantitative estimate of drug-likeness (QED) is 0.824. The highest BCUT2D eigenvalue weighted by atomic mass is 19.1. The Kier molecular flexibility index (Phi) is 3.28. The van der Waals surface area contributed by atoms with Crippen molar-refractivity contribution < 1.29 is 13.9 Å². The van der Waals surface area contributed by atoms with Crippen molar-refractivity contribution in [1.29, 1.82) is 0 Å². The van der Waals surface area contributed by atoms with E-state index in [1.807, 2.05) is 12.2 Å². The molecule has 1 heterocycles. The number of carbonyl (C=O) groups is 1. The van der Waals surface area contributed by atoms with Crippen LogP contribution >= 0.6 is 0 Å². The number of fused-ring (bicyclic) bond motifs is 1. The molecule has 104 valence electrons. The van der Waals surface area contributed by atoms with Crippen LogP contribution in [0.3, 0.4) is 0 Å². The molecule has 1 aliphatic heterocycles. The van der Waals surface area contributed by atoms with E-state index in [2.05, 4.69) is 11.4 Å². The van der Waals surface area contributed by atoms with Crippen molar-refractivity contribution in [3.63, 3.8) is 0 Å². The zero-order valence-corrected chi connectivity index (χ0v) is 10.8. The number of amides is 1. The summed E-state index contributed by atoms with van der Waals surface area (Å²) in [5, 5.41) is 2.61. The third kappa shape index (κ3) is 2.32. The highest BCUT2D eigenvalue weighted by Gasteiger charge is 2.33. The fourth-order valence-electron chi connectivity index (χ4n) is 2.43. The van der Waals surface area contributed by atoms with Crippen molar-refractivity contribution in [2.24, 2.45) is 5.73 Å². The van der Waals surface area contributed by atoms with E-state index >= 15 is 0 Å². The fourth-order valence-corrected chi connectivity index (χ4v) is 2.43. The molecule has 1 amide bonds. The maximum Gasteiger partial charge on any atom is 0.245 e. The third-order valence-electron chi connectivity index (χ3n) is 3.49. The first-order chi connectivity index (χ1) is 9.65. The average molecular weight is 274 g/mol. The molecule has 5 heteroatoms. The standard InChI is InChI=1S/C15H15FN2O2/c16-10-6-7-12-11(8-10)18-15(19)13(17)14(20-12)9-4-2-1-3-5-9/h1-2,4,6-8,13-14H,3,5,17H2,(H,18,19)/t13-,14+/m0/s1. The van der Waals surface area contributed by atoms with Crippen LogP contribution in [0.1, 0.15) is 12.8 Å². The monoisotopic (exact) mass is 274 g/mol. The number of hydrogen-bond acceptors (Lipinski definition) is 3. The summed E-state index contributed by atoms with van der Waals surface area (Å²) in [4.78, 5) is 12.1. The molecule has 2 atom stereocenters. The molecule has 3 rings (SSSR count). The van der Waals surface area contributed by atoms with Crippen LogP contribution in [-0.4, -0.2) is 18.1 Å². The van der Waals surface area contributed by atoms with Crippen LogP contribution in [0.5, 0.6) is 5.75 Å². The van der Waals surface area contributed by atoms with Crippen molar-refractivity contribution in [3.05, 3.63) is 47.8 Å². The van der Waals surface area contributed by atoms with Crippen molar-refractivity contribution in [3.8, 4) is 5.75 Å². The third-order valence-corrected chi connectivity index (χ3v) is 3.49. The lowest BCUT2D eigenvalue weighted by atomic mass is 9.95. The fraction of sp³-hybridized carbons (Fsp3) is 0.267. The van der Waals surface area contributed by atoms with Crippen LogP contribution in [0.2, 0.25) is 0 Å². The number of carbonyl (C=O) groups excluding carboxylic acids is 1. The number of allylic oxidation sites excluding steroid dienone is 3. The van der Waals surface area contributed by atoms with Crippen molar-refractivity contribution in [2.45, 2.75) is 25.0 Å². The second-order valence-corrected chi connectivity index (χ2v) is 4.90. The molecular weight excluding hydrogens is 259 g/mol. The number of hydrogen-bond donors (Lipinski definition) is 2. The summed E-state index contributed by atoms with van der Waals surface area (Å²) in [6, 6.07) is 3.23. The number of nitrogens with one attached hydrogen (secondary N) is 1. The molecule has 0 fully saturated rings. The van der Waals surface area contributed by atoms with Crippen molar-refractivity contribution in [2.75, 3.05) is 5.32 Å². The Morgan fingerprint density at radius 3 is 3.00 bits per heavy atom. The van der Waals surface area contributed by atoms with Gasteiger partial charge in [-0.05, 0) is 30.5 Å². The lowest BCUT2D eigenvalue weighted by Gasteiger charge is -2.24. The van der Waals surface area contributed by atoms with Crippen LogP contribution in [0.4, 0.5) is 10.1 Å². The summed E-state index contributed by atoms with van der Waals surface area (Å²) in [5.41, 5.74) is 7.27. The first-order valence-electron chi connectivity index (χ1n) is 6.53. The number of ether oxygens (including phenoxy) is 1. The van der Waals surface area contributed by atoms with E-state index in [1.165, 1.54) is 18.2 Å². The molecule has 20 heavy (non-hydrogen) atoms.